The maximum Gasteiger partial charge on any atom is 0.258 e. The van der Waals surface area contributed by atoms with E-state index in [1.54, 1.807) is 42.5 Å². The summed E-state index contributed by atoms with van der Waals surface area (Å²) < 4.78 is 5.81. The predicted molar refractivity (Wildman–Crippen MR) is 103 cm³/mol. The molecule has 0 fully saturated rings. The summed E-state index contributed by atoms with van der Waals surface area (Å²) in [6.07, 6.45) is 0. The van der Waals surface area contributed by atoms with E-state index < -0.39 is 5.91 Å². The Morgan fingerprint density at radius 1 is 1.15 bits per heavy atom. The van der Waals surface area contributed by atoms with Crippen molar-refractivity contribution < 1.29 is 14.3 Å². The molecule has 2 N–H and O–H groups in total. The number of hydrogen-bond donors (Lipinski definition) is 1. The van der Waals surface area contributed by atoms with E-state index in [2.05, 4.69) is 0 Å². The molecule has 0 heterocycles. The Bertz CT molecular complexity index is 809. The van der Waals surface area contributed by atoms with Crippen LogP contribution >= 0.6 is 23.2 Å². The first-order valence-electron chi connectivity index (χ1n) is 8.04. The van der Waals surface area contributed by atoms with E-state index in [9.17, 15) is 9.59 Å². The van der Waals surface area contributed by atoms with Gasteiger partial charge in [0, 0.05) is 21.7 Å². The fourth-order valence-corrected chi connectivity index (χ4v) is 2.84. The Morgan fingerprint density at radius 3 is 2.46 bits per heavy atom. The topological polar surface area (TPSA) is 72.6 Å². The average molecular weight is 395 g/mol. The minimum Gasteiger partial charge on any atom is -0.488 e. The fourth-order valence-electron chi connectivity index (χ4n) is 2.37. The van der Waals surface area contributed by atoms with Gasteiger partial charge in [-0.05, 0) is 38.1 Å². The van der Waals surface area contributed by atoms with E-state index in [0.29, 0.717) is 21.4 Å². The molecule has 2 aromatic rings. The van der Waals surface area contributed by atoms with Crippen LogP contribution in [0.2, 0.25) is 10.0 Å². The van der Waals surface area contributed by atoms with E-state index in [1.165, 1.54) is 4.90 Å². The number of hydrogen-bond acceptors (Lipinski definition) is 3. The van der Waals surface area contributed by atoms with E-state index in [-0.39, 0.29) is 25.1 Å². The quantitative estimate of drug-likeness (QED) is 0.773. The number of nitrogens with zero attached hydrogens (tertiary/aromatic N) is 1. The first-order valence-corrected chi connectivity index (χ1v) is 8.80. The molecular weight excluding hydrogens is 375 g/mol. The Hall–Kier alpha value is -2.24. The second-order valence-corrected chi connectivity index (χ2v) is 6.86. The van der Waals surface area contributed by atoms with Crippen LogP contribution in [0.3, 0.4) is 0 Å². The Balaban J connectivity index is 2.23. The second-order valence-electron chi connectivity index (χ2n) is 6.01. The largest absolute Gasteiger partial charge is 0.488 e. The molecule has 0 aliphatic heterocycles. The van der Waals surface area contributed by atoms with Gasteiger partial charge in [0.1, 0.15) is 12.4 Å². The molecule has 2 aromatic carbocycles. The van der Waals surface area contributed by atoms with Crippen molar-refractivity contribution in [2.75, 3.05) is 6.54 Å². The molecule has 0 aliphatic carbocycles. The zero-order valence-electron chi connectivity index (χ0n) is 14.5. The maximum absolute atomic E-state index is 12.9. The van der Waals surface area contributed by atoms with Crippen LogP contribution in [0, 0.1) is 0 Å². The number of primary amides is 1. The van der Waals surface area contributed by atoms with Gasteiger partial charge < -0.3 is 15.4 Å². The van der Waals surface area contributed by atoms with Crippen LogP contribution in [0.4, 0.5) is 0 Å². The standard InChI is InChI=1S/C19H20Cl2N2O3/c1-12(2)23(10-18(22)24)19(25)15-5-3-4-6-17(15)26-11-13-7-8-14(20)9-16(13)21/h3-9,12H,10-11H2,1-2H3,(H2,22,24). The number of benzene rings is 2. The lowest BCUT2D eigenvalue weighted by molar-refractivity contribution is -0.119. The molecule has 0 unspecified atom stereocenters. The zero-order valence-corrected chi connectivity index (χ0v) is 16.1. The highest BCUT2D eigenvalue weighted by molar-refractivity contribution is 6.35. The molecule has 5 nitrogen and oxygen atoms in total. The molecule has 0 atom stereocenters. The highest BCUT2D eigenvalue weighted by Crippen LogP contribution is 2.25. The van der Waals surface area contributed by atoms with Gasteiger partial charge in [0.05, 0.1) is 12.1 Å². The molecule has 138 valence electrons. The van der Waals surface area contributed by atoms with Crippen molar-refractivity contribution in [3.63, 3.8) is 0 Å². The van der Waals surface area contributed by atoms with Crippen molar-refractivity contribution >= 4 is 35.0 Å². The third-order valence-electron chi connectivity index (χ3n) is 3.73. The minimum absolute atomic E-state index is 0.159. The lowest BCUT2D eigenvalue weighted by Gasteiger charge is -2.26. The molecule has 2 amide bonds. The molecular formula is C19H20Cl2N2O3. The number of rotatable bonds is 7. The molecule has 2 rings (SSSR count). The SMILES string of the molecule is CC(C)N(CC(N)=O)C(=O)c1ccccc1OCc1ccc(Cl)cc1Cl. The van der Waals surface area contributed by atoms with Gasteiger partial charge in [-0.1, -0.05) is 41.4 Å². The molecule has 0 radical (unpaired) electrons. The lowest BCUT2D eigenvalue weighted by Crippen LogP contribution is -2.42. The molecule has 0 saturated carbocycles. The maximum atomic E-state index is 12.9. The smallest absolute Gasteiger partial charge is 0.258 e. The summed E-state index contributed by atoms with van der Waals surface area (Å²) in [6.45, 7) is 3.65. The van der Waals surface area contributed by atoms with Crippen molar-refractivity contribution in [1.82, 2.24) is 4.90 Å². The highest BCUT2D eigenvalue weighted by Gasteiger charge is 2.23. The predicted octanol–water partition coefficient (Wildman–Crippen LogP) is 3.91. The molecule has 0 saturated heterocycles. The lowest BCUT2D eigenvalue weighted by atomic mass is 10.1. The highest BCUT2D eigenvalue weighted by atomic mass is 35.5. The first-order chi connectivity index (χ1) is 12.3. The molecule has 26 heavy (non-hydrogen) atoms. The van der Waals surface area contributed by atoms with Crippen LogP contribution in [-0.4, -0.2) is 29.3 Å². The summed E-state index contributed by atoms with van der Waals surface area (Å²) in [5.41, 5.74) is 6.36. The number of carbonyl (C=O) groups excluding carboxylic acids is 2. The Kier molecular flexibility index (Phi) is 6.89. The molecule has 7 heteroatoms. The molecule has 0 aliphatic rings. The van der Waals surface area contributed by atoms with Gasteiger partial charge in [0.15, 0.2) is 0 Å². The van der Waals surface area contributed by atoms with E-state index >= 15 is 0 Å². The Labute approximate surface area is 162 Å². The minimum atomic E-state index is -0.571. The fraction of sp³-hybridized carbons (Fsp3) is 0.263. The first kappa shape index (κ1) is 20.1. The summed E-state index contributed by atoms with van der Waals surface area (Å²) in [5.74, 6) is -0.492. The normalized spacial score (nSPS) is 10.7. The number of amides is 2. The summed E-state index contributed by atoms with van der Waals surface area (Å²) >= 11 is 12.1. The molecule has 0 spiro atoms. The number of halogens is 2. The summed E-state index contributed by atoms with van der Waals surface area (Å²) in [5, 5.41) is 1.02. The van der Waals surface area contributed by atoms with E-state index in [1.807, 2.05) is 13.8 Å². The van der Waals surface area contributed by atoms with Gasteiger partial charge in [0.25, 0.3) is 5.91 Å². The van der Waals surface area contributed by atoms with Crippen molar-refractivity contribution in [3.05, 3.63) is 63.6 Å². The number of ether oxygens (including phenoxy) is 1. The van der Waals surface area contributed by atoms with E-state index in [4.69, 9.17) is 33.7 Å². The zero-order chi connectivity index (χ0) is 19.3. The third-order valence-corrected chi connectivity index (χ3v) is 4.31. The average Bonchev–Trinajstić information content (AvgIpc) is 2.58. The van der Waals surface area contributed by atoms with Gasteiger partial charge >= 0.3 is 0 Å². The summed E-state index contributed by atoms with van der Waals surface area (Å²) in [6, 6.07) is 11.8. The van der Waals surface area contributed by atoms with Gasteiger partial charge in [-0.25, -0.2) is 0 Å². The number of para-hydroxylation sites is 1. The molecule has 0 aromatic heterocycles. The van der Waals surface area contributed by atoms with Crippen LogP contribution in [0.15, 0.2) is 42.5 Å². The monoisotopic (exact) mass is 394 g/mol. The summed E-state index contributed by atoms with van der Waals surface area (Å²) in [4.78, 5) is 25.5. The Morgan fingerprint density at radius 2 is 1.85 bits per heavy atom. The van der Waals surface area contributed by atoms with Crippen LogP contribution in [0.25, 0.3) is 0 Å². The van der Waals surface area contributed by atoms with Gasteiger partial charge in [-0.15, -0.1) is 0 Å². The molecule has 0 bridgehead atoms. The number of nitrogens with two attached hydrogens (primary N) is 1. The van der Waals surface area contributed by atoms with Gasteiger partial charge in [-0.3, -0.25) is 9.59 Å². The van der Waals surface area contributed by atoms with Gasteiger partial charge in [0.2, 0.25) is 5.91 Å². The van der Waals surface area contributed by atoms with Crippen molar-refractivity contribution in [3.8, 4) is 5.75 Å². The van der Waals surface area contributed by atoms with E-state index in [0.717, 1.165) is 5.56 Å². The van der Waals surface area contributed by atoms with Crippen LogP contribution < -0.4 is 10.5 Å². The van der Waals surface area contributed by atoms with Crippen molar-refractivity contribution in [1.29, 1.82) is 0 Å². The van der Waals surface area contributed by atoms with Crippen molar-refractivity contribution in [2.24, 2.45) is 5.73 Å². The third kappa shape index (κ3) is 5.13. The van der Waals surface area contributed by atoms with Crippen LogP contribution in [-0.2, 0) is 11.4 Å². The van der Waals surface area contributed by atoms with Crippen molar-refractivity contribution in [2.45, 2.75) is 26.5 Å². The summed E-state index contributed by atoms with van der Waals surface area (Å²) in [7, 11) is 0. The van der Waals surface area contributed by atoms with Crippen LogP contribution in [0.1, 0.15) is 29.8 Å². The van der Waals surface area contributed by atoms with Gasteiger partial charge in [-0.2, -0.15) is 0 Å². The second kappa shape index (κ2) is 8.92. The number of carbonyl (C=O) groups is 2. The van der Waals surface area contributed by atoms with Crippen LogP contribution in [0.5, 0.6) is 5.75 Å².